The van der Waals surface area contributed by atoms with Crippen LogP contribution < -0.4 is 5.73 Å². The monoisotopic (exact) mass is 266 g/mol. The molecule has 1 heterocycles. The highest BCUT2D eigenvalue weighted by molar-refractivity contribution is 6.10. The maximum absolute atomic E-state index is 13.4. The number of halogens is 1. The first-order valence-electron chi connectivity index (χ1n) is 6.09. The van der Waals surface area contributed by atoms with Gasteiger partial charge in [0.1, 0.15) is 5.82 Å². The summed E-state index contributed by atoms with van der Waals surface area (Å²) in [5.41, 5.74) is 6.91. The number of carbonyl (C=O) groups is 1. The van der Waals surface area contributed by atoms with Crippen molar-refractivity contribution in [3.05, 3.63) is 71.7 Å². The van der Waals surface area contributed by atoms with Gasteiger partial charge < -0.3 is 5.73 Å². The number of fused-ring (bicyclic) bond motifs is 1. The van der Waals surface area contributed by atoms with Crippen LogP contribution in [0.25, 0.3) is 10.9 Å². The molecule has 0 amide bonds. The van der Waals surface area contributed by atoms with Crippen molar-refractivity contribution < 1.29 is 9.18 Å². The molecule has 0 bridgehead atoms. The molecule has 2 N–H and O–H groups in total. The third-order valence-corrected chi connectivity index (χ3v) is 3.13. The topological polar surface area (TPSA) is 56.0 Å². The van der Waals surface area contributed by atoms with Crippen LogP contribution in [0.2, 0.25) is 0 Å². The van der Waals surface area contributed by atoms with Crippen molar-refractivity contribution in [2.75, 3.05) is 5.73 Å². The third kappa shape index (κ3) is 2.12. The van der Waals surface area contributed by atoms with E-state index in [0.29, 0.717) is 5.56 Å². The standard InChI is InChI=1S/C16H11FN2O/c17-13-8-11(5-6-14(13)18)16(20)12-4-3-10-2-1-7-19-15(10)9-12/h1-9H,18H2. The number of hydrogen-bond donors (Lipinski definition) is 1. The van der Waals surface area contributed by atoms with E-state index in [1.165, 1.54) is 12.1 Å². The van der Waals surface area contributed by atoms with E-state index >= 15 is 0 Å². The van der Waals surface area contributed by atoms with E-state index in [1.54, 1.807) is 18.3 Å². The SMILES string of the molecule is Nc1ccc(C(=O)c2ccc3cccnc3c2)cc1F. The van der Waals surface area contributed by atoms with E-state index in [-0.39, 0.29) is 17.0 Å². The summed E-state index contributed by atoms with van der Waals surface area (Å²) in [7, 11) is 0. The van der Waals surface area contributed by atoms with Gasteiger partial charge in [-0.25, -0.2) is 4.39 Å². The largest absolute Gasteiger partial charge is 0.396 e. The number of nitrogen functional groups attached to an aromatic ring is 1. The summed E-state index contributed by atoms with van der Waals surface area (Å²) in [5, 5.41) is 0.951. The molecule has 0 fully saturated rings. The second-order valence-corrected chi connectivity index (χ2v) is 4.48. The maximum Gasteiger partial charge on any atom is 0.193 e. The fraction of sp³-hybridized carbons (Fsp3) is 0. The maximum atomic E-state index is 13.4. The highest BCUT2D eigenvalue weighted by Gasteiger charge is 2.11. The van der Waals surface area contributed by atoms with Crippen molar-refractivity contribution in [3.8, 4) is 0 Å². The Bertz CT molecular complexity index is 814. The molecule has 3 nitrogen and oxygen atoms in total. The van der Waals surface area contributed by atoms with Crippen molar-refractivity contribution >= 4 is 22.4 Å². The Hall–Kier alpha value is -2.75. The van der Waals surface area contributed by atoms with E-state index in [1.807, 2.05) is 18.2 Å². The van der Waals surface area contributed by atoms with Crippen LogP contribution in [0.4, 0.5) is 10.1 Å². The van der Waals surface area contributed by atoms with Crippen LogP contribution in [0.5, 0.6) is 0 Å². The molecule has 0 saturated heterocycles. The summed E-state index contributed by atoms with van der Waals surface area (Å²) in [6, 6.07) is 13.0. The Morgan fingerprint density at radius 2 is 1.80 bits per heavy atom. The summed E-state index contributed by atoms with van der Waals surface area (Å²) < 4.78 is 13.4. The van der Waals surface area contributed by atoms with Crippen LogP contribution in [0, 0.1) is 5.82 Å². The Kier molecular flexibility index (Phi) is 2.91. The summed E-state index contributed by atoms with van der Waals surface area (Å²) >= 11 is 0. The number of nitrogens with zero attached hydrogens (tertiary/aromatic N) is 1. The normalized spacial score (nSPS) is 10.7. The molecular weight excluding hydrogens is 255 g/mol. The first-order chi connectivity index (χ1) is 9.65. The minimum Gasteiger partial charge on any atom is -0.396 e. The van der Waals surface area contributed by atoms with E-state index in [2.05, 4.69) is 4.98 Å². The number of anilines is 1. The molecule has 3 aromatic rings. The highest BCUT2D eigenvalue weighted by atomic mass is 19.1. The third-order valence-electron chi connectivity index (χ3n) is 3.13. The molecular formula is C16H11FN2O. The van der Waals surface area contributed by atoms with Gasteiger partial charge in [-0.15, -0.1) is 0 Å². The number of carbonyl (C=O) groups excluding carboxylic acids is 1. The Morgan fingerprint density at radius 1 is 1.05 bits per heavy atom. The second kappa shape index (κ2) is 4.74. The average molecular weight is 266 g/mol. The van der Waals surface area contributed by atoms with E-state index in [4.69, 9.17) is 5.73 Å². The lowest BCUT2D eigenvalue weighted by Gasteiger charge is -2.04. The van der Waals surface area contributed by atoms with Crippen LogP contribution in [0.1, 0.15) is 15.9 Å². The van der Waals surface area contributed by atoms with Gasteiger partial charge in [-0.3, -0.25) is 9.78 Å². The summed E-state index contributed by atoms with van der Waals surface area (Å²) in [6.45, 7) is 0. The molecule has 2 aromatic carbocycles. The Labute approximate surface area is 114 Å². The molecule has 20 heavy (non-hydrogen) atoms. The number of rotatable bonds is 2. The quantitative estimate of drug-likeness (QED) is 0.572. The number of hydrogen-bond acceptors (Lipinski definition) is 3. The Balaban J connectivity index is 2.05. The molecule has 0 aliphatic heterocycles. The highest BCUT2D eigenvalue weighted by Crippen LogP contribution is 2.18. The summed E-state index contributed by atoms with van der Waals surface area (Å²) in [6.07, 6.45) is 1.67. The number of ketones is 1. The lowest BCUT2D eigenvalue weighted by molar-refractivity contribution is 0.103. The number of nitrogens with two attached hydrogens (primary N) is 1. The van der Waals surface area contributed by atoms with Crippen LogP contribution in [-0.4, -0.2) is 10.8 Å². The van der Waals surface area contributed by atoms with Crippen molar-refractivity contribution in [1.29, 1.82) is 0 Å². The minimum absolute atomic E-state index is 0.0294. The van der Waals surface area contributed by atoms with Crippen molar-refractivity contribution in [1.82, 2.24) is 4.98 Å². The molecule has 0 radical (unpaired) electrons. The van der Waals surface area contributed by atoms with Crippen LogP contribution in [-0.2, 0) is 0 Å². The predicted octanol–water partition coefficient (Wildman–Crippen LogP) is 3.19. The van der Waals surface area contributed by atoms with E-state index < -0.39 is 5.82 Å². The molecule has 1 aromatic heterocycles. The molecule has 0 aliphatic rings. The predicted molar refractivity (Wildman–Crippen MR) is 76.0 cm³/mol. The Morgan fingerprint density at radius 3 is 2.60 bits per heavy atom. The number of aromatic nitrogens is 1. The fourth-order valence-corrected chi connectivity index (χ4v) is 2.04. The van der Waals surface area contributed by atoms with Gasteiger partial charge in [0.15, 0.2) is 5.78 Å². The van der Waals surface area contributed by atoms with Gasteiger partial charge in [-0.05, 0) is 30.3 Å². The van der Waals surface area contributed by atoms with E-state index in [0.717, 1.165) is 17.0 Å². The molecule has 98 valence electrons. The smallest absolute Gasteiger partial charge is 0.193 e. The van der Waals surface area contributed by atoms with Gasteiger partial charge >= 0.3 is 0 Å². The molecule has 0 aliphatic carbocycles. The molecule has 0 unspecified atom stereocenters. The molecule has 0 atom stereocenters. The summed E-state index contributed by atoms with van der Waals surface area (Å²) in [5.74, 6) is -0.841. The van der Waals surface area contributed by atoms with Crippen LogP contribution in [0.15, 0.2) is 54.7 Å². The van der Waals surface area contributed by atoms with Gasteiger partial charge in [-0.2, -0.15) is 0 Å². The van der Waals surface area contributed by atoms with Gasteiger partial charge in [-0.1, -0.05) is 18.2 Å². The zero-order valence-electron chi connectivity index (χ0n) is 10.5. The lowest BCUT2D eigenvalue weighted by Crippen LogP contribution is -2.03. The lowest BCUT2D eigenvalue weighted by atomic mass is 10.0. The first-order valence-corrected chi connectivity index (χ1v) is 6.09. The van der Waals surface area contributed by atoms with Gasteiger partial charge in [0.25, 0.3) is 0 Å². The molecule has 0 spiro atoms. The summed E-state index contributed by atoms with van der Waals surface area (Å²) in [4.78, 5) is 16.5. The van der Waals surface area contributed by atoms with Crippen LogP contribution in [0.3, 0.4) is 0 Å². The zero-order chi connectivity index (χ0) is 14.1. The molecule has 3 rings (SSSR count). The molecule has 4 heteroatoms. The zero-order valence-corrected chi connectivity index (χ0v) is 10.5. The van der Waals surface area contributed by atoms with Crippen molar-refractivity contribution in [2.24, 2.45) is 0 Å². The van der Waals surface area contributed by atoms with Gasteiger partial charge in [0.05, 0.1) is 11.2 Å². The van der Waals surface area contributed by atoms with Gasteiger partial charge in [0, 0.05) is 22.7 Å². The number of benzene rings is 2. The second-order valence-electron chi connectivity index (χ2n) is 4.48. The molecule has 0 saturated carbocycles. The average Bonchev–Trinajstić information content (AvgIpc) is 2.49. The first kappa shape index (κ1) is 12.3. The fourth-order valence-electron chi connectivity index (χ4n) is 2.04. The van der Waals surface area contributed by atoms with Crippen LogP contribution >= 0.6 is 0 Å². The van der Waals surface area contributed by atoms with Crippen molar-refractivity contribution in [2.45, 2.75) is 0 Å². The van der Waals surface area contributed by atoms with Gasteiger partial charge in [0.2, 0.25) is 0 Å². The van der Waals surface area contributed by atoms with Crippen molar-refractivity contribution in [3.63, 3.8) is 0 Å². The van der Waals surface area contributed by atoms with E-state index in [9.17, 15) is 9.18 Å². The minimum atomic E-state index is -0.588. The number of pyridine rings is 1.